The van der Waals surface area contributed by atoms with Gasteiger partial charge in [-0.3, -0.25) is 4.79 Å². The molecule has 10 heavy (non-hydrogen) atoms. The van der Waals surface area contributed by atoms with E-state index in [1.54, 1.807) is 0 Å². The largest absolute Gasteiger partial charge is 0.381 e. The highest BCUT2D eigenvalue weighted by atomic mass is 16.3. The van der Waals surface area contributed by atoms with E-state index in [4.69, 9.17) is 0 Å². The number of β-amino-alcohol motifs (C(OH)–C–C–N with tert-alkyl or cyclic N) is 1. The first-order valence-electron chi connectivity index (χ1n) is 3.59. The smallest absolute Gasteiger partial charge is 0.162 e. The molecule has 1 aliphatic heterocycles. The predicted molar refractivity (Wildman–Crippen MR) is 37.7 cm³/mol. The van der Waals surface area contributed by atoms with E-state index in [9.17, 15) is 9.90 Å². The molecule has 0 amide bonds. The molecule has 0 spiro atoms. The Morgan fingerprint density at radius 1 is 1.70 bits per heavy atom. The van der Waals surface area contributed by atoms with E-state index in [0.29, 0.717) is 13.0 Å². The van der Waals surface area contributed by atoms with Crippen molar-refractivity contribution in [2.75, 3.05) is 13.1 Å². The topological polar surface area (TPSA) is 49.3 Å². The van der Waals surface area contributed by atoms with Gasteiger partial charge in [0.1, 0.15) is 5.60 Å². The van der Waals surface area contributed by atoms with Gasteiger partial charge >= 0.3 is 0 Å². The lowest BCUT2D eigenvalue weighted by atomic mass is 9.91. The third-order valence-electron chi connectivity index (χ3n) is 2.02. The normalized spacial score (nSPS) is 33.8. The van der Waals surface area contributed by atoms with Crippen molar-refractivity contribution < 1.29 is 9.90 Å². The second kappa shape index (κ2) is 2.68. The maximum atomic E-state index is 10.8. The van der Waals surface area contributed by atoms with Gasteiger partial charge in [0.2, 0.25) is 0 Å². The second-order valence-electron chi connectivity index (χ2n) is 2.87. The highest BCUT2D eigenvalue weighted by molar-refractivity contribution is 5.85. The van der Waals surface area contributed by atoms with Crippen molar-refractivity contribution in [3.8, 4) is 0 Å². The average Bonchev–Trinajstić information content (AvgIpc) is 1.89. The van der Waals surface area contributed by atoms with Crippen LogP contribution in [0.4, 0.5) is 0 Å². The van der Waals surface area contributed by atoms with Crippen LogP contribution >= 0.6 is 0 Å². The van der Waals surface area contributed by atoms with Crippen molar-refractivity contribution in [2.45, 2.75) is 25.4 Å². The lowest BCUT2D eigenvalue weighted by Crippen LogP contribution is -2.50. The molecular formula is C7H13NO2. The van der Waals surface area contributed by atoms with Crippen LogP contribution in [-0.2, 0) is 4.79 Å². The zero-order chi connectivity index (χ0) is 7.61. The Hall–Kier alpha value is -0.410. The number of carbonyl (C=O) groups excluding carboxylic acids is 1. The summed E-state index contributed by atoms with van der Waals surface area (Å²) in [7, 11) is 0. The van der Waals surface area contributed by atoms with Crippen molar-refractivity contribution in [2.24, 2.45) is 0 Å². The number of rotatable bonds is 1. The third kappa shape index (κ3) is 1.36. The molecule has 1 heterocycles. The van der Waals surface area contributed by atoms with Gasteiger partial charge in [-0.05, 0) is 26.3 Å². The van der Waals surface area contributed by atoms with E-state index >= 15 is 0 Å². The second-order valence-corrected chi connectivity index (χ2v) is 2.87. The number of carbonyl (C=O) groups is 1. The number of ketones is 1. The van der Waals surface area contributed by atoms with E-state index in [1.165, 1.54) is 6.92 Å². The fourth-order valence-corrected chi connectivity index (χ4v) is 1.19. The number of hydrogen-bond acceptors (Lipinski definition) is 3. The summed E-state index contributed by atoms with van der Waals surface area (Å²) in [5, 5.41) is 12.5. The summed E-state index contributed by atoms with van der Waals surface area (Å²) in [5.41, 5.74) is -1.07. The van der Waals surface area contributed by atoms with Crippen LogP contribution in [0.25, 0.3) is 0 Å². The van der Waals surface area contributed by atoms with Crippen molar-refractivity contribution >= 4 is 5.78 Å². The van der Waals surface area contributed by atoms with Crippen LogP contribution in [0.15, 0.2) is 0 Å². The van der Waals surface area contributed by atoms with E-state index < -0.39 is 5.60 Å². The van der Waals surface area contributed by atoms with Gasteiger partial charge in [-0.25, -0.2) is 0 Å². The molecular weight excluding hydrogens is 130 g/mol. The van der Waals surface area contributed by atoms with Crippen LogP contribution in [0.3, 0.4) is 0 Å². The van der Waals surface area contributed by atoms with E-state index in [2.05, 4.69) is 5.32 Å². The van der Waals surface area contributed by atoms with Gasteiger partial charge in [0, 0.05) is 6.54 Å². The minimum atomic E-state index is -1.07. The standard InChI is InChI=1S/C7H13NO2/c1-6(9)7(10)3-2-4-8-5-7/h8,10H,2-5H2,1H3. The van der Waals surface area contributed by atoms with Crippen LogP contribution in [0.1, 0.15) is 19.8 Å². The molecule has 1 fully saturated rings. The molecule has 3 heteroatoms. The minimum absolute atomic E-state index is 0.125. The highest BCUT2D eigenvalue weighted by Gasteiger charge is 2.33. The summed E-state index contributed by atoms with van der Waals surface area (Å²) in [5.74, 6) is -0.125. The fourth-order valence-electron chi connectivity index (χ4n) is 1.19. The number of Topliss-reactive ketones (excluding diaryl/α,β-unsaturated/α-hetero) is 1. The summed E-state index contributed by atoms with van der Waals surface area (Å²) < 4.78 is 0. The average molecular weight is 143 g/mol. The highest BCUT2D eigenvalue weighted by Crippen LogP contribution is 2.16. The van der Waals surface area contributed by atoms with Gasteiger partial charge in [0.05, 0.1) is 0 Å². The van der Waals surface area contributed by atoms with Crippen LogP contribution in [-0.4, -0.2) is 29.6 Å². The molecule has 1 aliphatic rings. The van der Waals surface area contributed by atoms with E-state index in [1.807, 2.05) is 0 Å². The Bertz CT molecular complexity index is 139. The molecule has 0 radical (unpaired) electrons. The molecule has 3 nitrogen and oxygen atoms in total. The summed E-state index contributed by atoms with van der Waals surface area (Å²) in [6.45, 7) is 2.77. The minimum Gasteiger partial charge on any atom is -0.381 e. The molecule has 1 atom stereocenters. The molecule has 0 aromatic heterocycles. The molecule has 58 valence electrons. The Kier molecular flexibility index (Phi) is 2.06. The van der Waals surface area contributed by atoms with Crippen LogP contribution in [0, 0.1) is 0 Å². The summed E-state index contributed by atoms with van der Waals surface area (Å²) in [6.07, 6.45) is 1.49. The fraction of sp³-hybridized carbons (Fsp3) is 0.857. The number of hydrogen-bond donors (Lipinski definition) is 2. The van der Waals surface area contributed by atoms with E-state index in [-0.39, 0.29) is 5.78 Å². The number of aliphatic hydroxyl groups is 1. The third-order valence-corrected chi connectivity index (χ3v) is 2.02. The monoisotopic (exact) mass is 143 g/mol. The van der Waals surface area contributed by atoms with Crippen LogP contribution in [0.2, 0.25) is 0 Å². The van der Waals surface area contributed by atoms with Gasteiger partial charge < -0.3 is 10.4 Å². The Morgan fingerprint density at radius 2 is 2.40 bits per heavy atom. The lowest BCUT2D eigenvalue weighted by molar-refractivity contribution is -0.136. The molecule has 0 aromatic rings. The summed E-state index contributed by atoms with van der Waals surface area (Å²) >= 11 is 0. The zero-order valence-corrected chi connectivity index (χ0v) is 6.18. The summed E-state index contributed by atoms with van der Waals surface area (Å²) in [4.78, 5) is 10.8. The molecule has 1 saturated heterocycles. The first-order valence-corrected chi connectivity index (χ1v) is 3.59. The SMILES string of the molecule is CC(=O)C1(O)CCCNC1. The maximum Gasteiger partial charge on any atom is 0.162 e. The molecule has 1 unspecified atom stereocenters. The van der Waals surface area contributed by atoms with Crippen LogP contribution < -0.4 is 5.32 Å². The predicted octanol–water partition coefficient (Wildman–Crippen LogP) is -0.310. The first kappa shape index (κ1) is 7.69. The molecule has 0 bridgehead atoms. The number of nitrogens with one attached hydrogen (secondary N) is 1. The molecule has 1 rings (SSSR count). The maximum absolute atomic E-state index is 10.8. The molecule has 0 aromatic carbocycles. The van der Waals surface area contributed by atoms with Crippen molar-refractivity contribution in [1.82, 2.24) is 5.32 Å². The van der Waals surface area contributed by atoms with Gasteiger partial charge in [-0.2, -0.15) is 0 Å². The van der Waals surface area contributed by atoms with Crippen molar-refractivity contribution in [3.63, 3.8) is 0 Å². The van der Waals surface area contributed by atoms with Gasteiger partial charge in [0.25, 0.3) is 0 Å². The molecule has 0 saturated carbocycles. The Labute approximate surface area is 60.4 Å². The Balaban J connectivity index is 2.56. The first-order chi connectivity index (χ1) is 4.65. The number of piperidine rings is 1. The van der Waals surface area contributed by atoms with Gasteiger partial charge in [-0.15, -0.1) is 0 Å². The summed E-state index contributed by atoms with van der Waals surface area (Å²) in [6, 6.07) is 0. The van der Waals surface area contributed by atoms with E-state index in [0.717, 1.165) is 13.0 Å². The van der Waals surface area contributed by atoms with Crippen LogP contribution in [0.5, 0.6) is 0 Å². The zero-order valence-electron chi connectivity index (χ0n) is 6.18. The quantitative estimate of drug-likeness (QED) is 0.529. The molecule has 0 aliphatic carbocycles. The van der Waals surface area contributed by atoms with Crippen molar-refractivity contribution in [3.05, 3.63) is 0 Å². The van der Waals surface area contributed by atoms with Gasteiger partial charge in [-0.1, -0.05) is 0 Å². The van der Waals surface area contributed by atoms with Gasteiger partial charge in [0.15, 0.2) is 5.78 Å². The lowest BCUT2D eigenvalue weighted by Gasteiger charge is -2.29. The Morgan fingerprint density at radius 3 is 2.70 bits per heavy atom. The molecule has 2 N–H and O–H groups in total. The van der Waals surface area contributed by atoms with Crippen molar-refractivity contribution in [1.29, 1.82) is 0 Å².